The Morgan fingerprint density at radius 3 is 3.10 bits per heavy atom. The van der Waals surface area contributed by atoms with Crippen molar-refractivity contribution in [3.8, 4) is 0 Å². The van der Waals surface area contributed by atoms with Gasteiger partial charge in [-0.25, -0.2) is 9.78 Å². The molecule has 2 aromatic rings. The lowest BCUT2D eigenvalue weighted by Crippen LogP contribution is -2.28. The molecule has 0 fully saturated rings. The number of amides is 2. The number of methoxy groups -OCH3 is 1. The van der Waals surface area contributed by atoms with Crippen LogP contribution < -0.4 is 10.6 Å². The Bertz CT molecular complexity index is 566. The van der Waals surface area contributed by atoms with Gasteiger partial charge in [-0.2, -0.15) is 5.10 Å². The normalized spacial score (nSPS) is 10.5. The summed E-state index contributed by atoms with van der Waals surface area (Å²) in [4.78, 5) is 17.0. The van der Waals surface area contributed by atoms with Crippen molar-refractivity contribution < 1.29 is 9.53 Å². The van der Waals surface area contributed by atoms with Gasteiger partial charge in [0.15, 0.2) is 5.82 Å². The number of aromatic nitrogens is 3. The van der Waals surface area contributed by atoms with Crippen LogP contribution in [-0.2, 0) is 17.8 Å². The lowest BCUT2D eigenvalue weighted by molar-refractivity contribution is 0.183. The standard InChI is InChI=1S/C12H17N5O2S/c1-9-7-13-11(20-9)8-14-12(18)15-10-3-4-17(16-10)5-6-19-2/h3-4,7H,5-6,8H2,1-2H3,(H2,14,15,16,18). The highest BCUT2D eigenvalue weighted by atomic mass is 32.1. The van der Waals surface area contributed by atoms with E-state index >= 15 is 0 Å². The molecule has 2 rings (SSSR count). The minimum Gasteiger partial charge on any atom is -0.383 e. The third-order valence-electron chi connectivity index (χ3n) is 2.48. The zero-order valence-electron chi connectivity index (χ0n) is 11.4. The Kier molecular flexibility index (Phi) is 5.08. The van der Waals surface area contributed by atoms with Crippen molar-refractivity contribution in [2.75, 3.05) is 19.0 Å². The molecule has 20 heavy (non-hydrogen) atoms. The first-order chi connectivity index (χ1) is 9.67. The van der Waals surface area contributed by atoms with Gasteiger partial charge in [-0.1, -0.05) is 0 Å². The number of hydrogen-bond acceptors (Lipinski definition) is 5. The average Bonchev–Trinajstić information content (AvgIpc) is 3.03. The molecular weight excluding hydrogens is 278 g/mol. The second-order valence-electron chi connectivity index (χ2n) is 4.13. The number of nitrogens with zero attached hydrogens (tertiary/aromatic N) is 3. The van der Waals surface area contributed by atoms with E-state index in [-0.39, 0.29) is 6.03 Å². The molecule has 0 spiro atoms. The Morgan fingerprint density at radius 2 is 2.40 bits per heavy atom. The predicted molar refractivity (Wildman–Crippen MR) is 76.8 cm³/mol. The van der Waals surface area contributed by atoms with Crippen molar-refractivity contribution >= 4 is 23.2 Å². The van der Waals surface area contributed by atoms with Gasteiger partial charge < -0.3 is 10.1 Å². The molecule has 0 atom stereocenters. The fourth-order valence-corrected chi connectivity index (χ4v) is 2.26. The zero-order chi connectivity index (χ0) is 14.4. The summed E-state index contributed by atoms with van der Waals surface area (Å²) in [7, 11) is 1.64. The fraction of sp³-hybridized carbons (Fsp3) is 0.417. The van der Waals surface area contributed by atoms with Crippen molar-refractivity contribution in [1.82, 2.24) is 20.1 Å². The number of ether oxygens (including phenoxy) is 1. The fourth-order valence-electron chi connectivity index (χ4n) is 1.54. The van der Waals surface area contributed by atoms with Crippen LogP contribution in [0, 0.1) is 6.92 Å². The van der Waals surface area contributed by atoms with Gasteiger partial charge >= 0.3 is 6.03 Å². The SMILES string of the molecule is COCCn1ccc(NC(=O)NCc2ncc(C)s2)n1. The molecule has 7 nitrogen and oxygen atoms in total. The van der Waals surface area contributed by atoms with Crippen LogP contribution in [-0.4, -0.2) is 34.5 Å². The number of hydrogen-bond donors (Lipinski definition) is 2. The van der Waals surface area contributed by atoms with Crippen molar-refractivity contribution in [2.45, 2.75) is 20.0 Å². The van der Waals surface area contributed by atoms with Crippen molar-refractivity contribution in [3.63, 3.8) is 0 Å². The number of aryl methyl sites for hydroxylation is 1. The molecule has 0 bridgehead atoms. The van der Waals surface area contributed by atoms with Crippen LogP contribution in [0.5, 0.6) is 0 Å². The molecule has 0 aliphatic rings. The number of carbonyl (C=O) groups excluding carboxylic acids is 1. The summed E-state index contributed by atoms with van der Waals surface area (Å²) in [5.74, 6) is 0.508. The van der Waals surface area contributed by atoms with Crippen LogP contribution in [0.3, 0.4) is 0 Å². The van der Waals surface area contributed by atoms with E-state index in [1.165, 1.54) is 0 Å². The lowest BCUT2D eigenvalue weighted by atomic mass is 10.6. The van der Waals surface area contributed by atoms with Gasteiger partial charge in [0.25, 0.3) is 0 Å². The second-order valence-corrected chi connectivity index (χ2v) is 5.45. The molecule has 8 heteroatoms. The molecule has 0 aliphatic carbocycles. The van der Waals surface area contributed by atoms with Gasteiger partial charge in [-0.3, -0.25) is 10.00 Å². The molecule has 2 amide bonds. The molecule has 0 unspecified atom stereocenters. The van der Waals surface area contributed by atoms with Crippen molar-refractivity contribution in [2.24, 2.45) is 0 Å². The summed E-state index contributed by atoms with van der Waals surface area (Å²) in [6, 6.07) is 1.44. The predicted octanol–water partition coefficient (Wildman–Crippen LogP) is 1.62. The monoisotopic (exact) mass is 295 g/mol. The number of carbonyl (C=O) groups is 1. The number of thiazole rings is 1. The second kappa shape index (κ2) is 7.01. The zero-order valence-corrected chi connectivity index (χ0v) is 12.2. The van der Waals surface area contributed by atoms with E-state index in [1.807, 2.05) is 6.92 Å². The largest absolute Gasteiger partial charge is 0.383 e. The minimum atomic E-state index is -0.296. The number of nitrogens with one attached hydrogen (secondary N) is 2. The van der Waals surface area contributed by atoms with Gasteiger partial charge in [0, 0.05) is 30.4 Å². The highest BCUT2D eigenvalue weighted by molar-refractivity contribution is 7.11. The molecule has 0 saturated carbocycles. The van der Waals surface area contributed by atoms with E-state index < -0.39 is 0 Å². The van der Waals surface area contributed by atoms with Gasteiger partial charge in [-0.15, -0.1) is 11.3 Å². The maximum atomic E-state index is 11.7. The molecule has 2 N–H and O–H groups in total. The highest BCUT2D eigenvalue weighted by Crippen LogP contribution is 2.10. The molecule has 108 valence electrons. The maximum absolute atomic E-state index is 11.7. The van der Waals surface area contributed by atoms with E-state index in [2.05, 4.69) is 20.7 Å². The van der Waals surface area contributed by atoms with Gasteiger partial charge in [0.1, 0.15) is 5.01 Å². The maximum Gasteiger partial charge on any atom is 0.320 e. The quantitative estimate of drug-likeness (QED) is 0.848. The molecule has 2 heterocycles. The van der Waals surface area contributed by atoms with Gasteiger partial charge in [-0.05, 0) is 6.92 Å². The molecule has 0 saturated heterocycles. The molecule has 0 aliphatic heterocycles. The minimum absolute atomic E-state index is 0.296. The van der Waals surface area contributed by atoms with Crippen LogP contribution in [0.2, 0.25) is 0 Å². The van der Waals surface area contributed by atoms with Crippen molar-refractivity contribution in [1.29, 1.82) is 0 Å². The molecule has 2 aromatic heterocycles. The Morgan fingerprint density at radius 1 is 1.55 bits per heavy atom. The van der Waals surface area contributed by atoms with E-state index in [1.54, 1.807) is 41.6 Å². The van der Waals surface area contributed by atoms with E-state index in [9.17, 15) is 4.79 Å². The Hall–Kier alpha value is -1.93. The van der Waals surface area contributed by atoms with E-state index in [0.717, 1.165) is 9.88 Å². The van der Waals surface area contributed by atoms with Crippen LogP contribution >= 0.6 is 11.3 Å². The third kappa shape index (κ3) is 4.32. The Balaban J connectivity index is 1.77. The summed E-state index contributed by atoms with van der Waals surface area (Å²) < 4.78 is 6.67. The summed E-state index contributed by atoms with van der Waals surface area (Å²) in [5, 5.41) is 10.5. The average molecular weight is 295 g/mol. The van der Waals surface area contributed by atoms with E-state index in [4.69, 9.17) is 4.74 Å². The van der Waals surface area contributed by atoms with Crippen LogP contribution in [0.25, 0.3) is 0 Å². The first-order valence-corrected chi connectivity index (χ1v) is 6.97. The Labute approximate surface area is 121 Å². The third-order valence-corrected chi connectivity index (χ3v) is 3.39. The molecule has 0 radical (unpaired) electrons. The first kappa shape index (κ1) is 14.5. The lowest BCUT2D eigenvalue weighted by Gasteiger charge is -2.03. The van der Waals surface area contributed by atoms with Gasteiger partial charge in [0.2, 0.25) is 0 Å². The van der Waals surface area contributed by atoms with Crippen LogP contribution in [0.1, 0.15) is 9.88 Å². The summed E-state index contributed by atoms with van der Waals surface area (Å²) in [6.45, 7) is 3.62. The number of urea groups is 1. The van der Waals surface area contributed by atoms with Crippen LogP contribution in [0.15, 0.2) is 18.5 Å². The summed E-state index contributed by atoms with van der Waals surface area (Å²) in [5.41, 5.74) is 0. The topological polar surface area (TPSA) is 81.1 Å². The number of rotatable bonds is 6. The first-order valence-electron chi connectivity index (χ1n) is 6.16. The summed E-state index contributed by atoms with van der Waals surface area (Å²) in [6.07, 6.45) is 3.58. The van der Waals surface area contributed by atoms with E-state index in [0.29, 0.717) is 25.5 Å². The summed E-state index contributed by atoms with van der Waals surface area (Å²) >= 11 is 1.56. The smallest absolute Gasteiger partial charge is 0.320 e. The highest BCUT2D eigenvalue weighted by Gasteiger charge is 2.06. The van der Waals surface area contributed by atoms with Crippen LogP contribution in [0.4, 0.5) is 10.6 Å². The molecular formula is C12H17N5O2S. The molecule has 0 aromatic carbocycles. The van der Waals surface area contributed by atoms with Gasteiger partial charge in [0.05, 0.1) is 19.7 Å². The van der Waals surface area contributed by atoms with Crippen molar-refractivity contribution in [3.05, 3.63) is 28.3 Å². The number of anilines is 1.